The van der Waals surface area contributed by atoms with Gasteiger partial charge in [0.2, 0.25) is 0 Å². The Hall–Kier alpha value is -1.76. The maximum Gasteiger partial charge on any atom is 0.263 e. The van der Waals surface area contributed by atoms with Gasteiger partial charge in [-0.3, -0.25) is 9.59 Å². The van der Waals surface area contributed by atoms with E-state index in [9.17, 15) is 9.59 Å². The molecule has 1 aliphatic rings. The molecule has 0 aromatic carbocycles. The Bertz CT molecular complexity index is 555. The molecule has 21 heavy (non-hydrogen) atoms. The van der Waals surface area contributed by atoms with Crippen LogP contribution >= 0.6 is 11.3 Å². The van der Waals surface area contributed by atoms with E-state index in [-0.39, 0.29) is 17.2 Å². The van der Waals surface area contributed by atoms with Crippen molar-refractivity contribution in [2.24, 2.45) is 11.7 Å². The van der Waals surface area contributed by atoms with E-state index >= 15 is 0 Å². The molecule has 7 heteroatoms. The number of hydrogen-bond acceptors (Lipinski definition) is 5. The Labute approximate surface area is 128 Å². The third-order valence-corrected chi connectivity index (χ3v) is 4.83. The summed E-state index contributed by atoms with van der Waals surface area (Å²) < 4.78 is 0. The van der Waals surface area contributed by atoms with Gasteiger partial charge in [-0.05, 0) is 18.8 Å². The molecule has 1 aliphatic carbocycles. The number of hydrogen-bond donors (Lipinski definition) is 4. The van der Waals surface area contributed by atoms with E-state index in [1.165, 1.54) is 11.3 Å². The quantitative estimate of drug-likeness (QED) is 0.615. The van der Waals surface area contributed by atoms with Gasteiger partial charge in [0.1, 0.15) is 9.88 Å². The van der Waals surface area contributed by atoms with Gasteiger partial charge >= 0.3 is 0 Å². The van der Waals surface area contributed by atoms with Crippen LogP contribution in [0.1, 0.15) is 53.1 Å². The average molecular weight is 310 g/mol. The van der Waals surface area contributed by atoms with Gasteiger partial charge in [0, 0.05) is 12.6 Å². The summed E-state index contributed by atoms with van der Waals surface area (Å²) in [6.45, 7) is 4.68. The topological polar surface area (TPSA) is 110 Å². The number of nitrogens with two attached hydrogens (primary N) is 2. The zero-order valence-electron chi connectivity index (χ0n) is 12.4. The molecule has 116 valence electrons. The Kier molecular flexibility index (Phi) is 4.72. The summed E-state index contributed by atoms with van der Waals surface area (Å²) >= 11 is 1.20. The standard InChI is InChI=1S/C14H22N4O2S/c1-3-5-17-13(20)11-10(15)9(12(16)19)14(21-11)18-8-6-7(8)4-2/h7-8,18H,3-6,15H2,1-2H3,(H2,16,19)(H,17,20). The second-order valence-electron chi connectivity index (χ2n) is 5.32. The summed E-state index contributed by atoms with van der Waals surface area (Å²) in [5, 5.41) is 6.68. The number of carbonyl (C=O) groups excluding carboxylic acids is 2. The third-order valence-electron chi connectivity index (χ3n) is 3.70. The van der Waals surface area contributed by atoms with E-state index in [2.05, 4.69) is 17.6 Å². The number of rotatable bonds is 7. The zero-order chi connectivity index (χ0) is 15.6. The van der Waals surface area contributed by atoms with Crippen LogP contribution in [0.25, 0.3) is 0 Å². The van der Waals surface area contributed by atoms with Crippen molar-refractivity contribution in [2.75, 3.05) is 17.6 Å². The second-order valence-corrected chi connectivity index (χ2v) is 6.34. The van der Waals surface area contributed by atoms with Crippen LogP contribution in [-0.2, 0) is 0 Å². The summed E-state index contributed by atoms with van der Waals surface area (Å²) in [4.78, 5) is 24.1. The molecule has 0 saturated heterocycles. The molecule has 1 fully saturated rings. The van der Waals surface area contributed by atoms with Crippen LogP contribution in [0.5, 0.6) is 0 Å². The predicted octanol–water partition coefficient (Wildman–Crippen LogP) is 1.78. The summed E-state index contributed by atoms with van der Waals surface area (Å²) in [7, 11) is 0. The molecule has 1 aromatic rings. The van der Waals surface area contributed by atoms with E-state index in [0.717, 1.165) is 19.3 Å². The van der Waals surface area contributed by atoms with E-state index in [1.54, 1.807) is 0 Å². The minimum Gasteiger partial charge on any atom is -0.397 e. The normalized spacial score (nSPS) is 20.1. The van der Waals surface area contributed by atoms with Crippen molar-refractivity contribution >= 4 is 33.8 Å². The minimum absolute atomic E-state index is 0.178. The van der Waals surface area contributed by atoms with Crippen molar-refractivity contribution in [1.29, 1.82) is 0 Å². The highest BCUT2D eigenvalue weighted by molar-refractivity contribution is 7.19. The first kappa shape index (κ1) is 15.6. The number of nitrogens with one attached hydrogen (secondary N) is 2. The average Bonchev–Trinajstić information content (AvgIpc) is 3.11. The molecular weight excluding hydrogens is 288 g/mol. The largest absolute Gasteiger partial charge is 0.397 e. The molecule has 1 aromatic heterocycles. The Morgan fingerprint density at radius 2 is 2.10 bits per heavy atom. The van der Waals surface area contributed by atoms with Gasteiger partial charge in [-0.25, -0.2) is 0 Å². The van der Waals surface area contributed by atoms with Gasteiger partial charge in [0.25, 0.3) is 11.8 Å². The fraction of sp³-hybridized carbons (Fsp3) is 0.571. The van der Waals surface area contributed by atoms with Crippen LogP contribution in [0.15, 0.2) is 0 Å². The molecular formula is C14H22N4O2S. The zero-order valence-corrected chi connectivity index (χ0v) is 13.2. The lowest BCUT2D eigenvalue weighted by Gasteiger charge is -2.04. The highest BCUT2D eigenvalue weighted by Gasteiger charge is 2.37. The summed E-state index contributed by atoms with van der Waals surface area (Å²) in [6.07, 6.45) is 3.00. The lowest BCUT2D eigenvalue weighted by molar-refractivity contribution is 0.0958. The van der Waals surface area contributed by atoms with Crippen LogP contribution in [0.4, 0.5) is 10.7 Å². The van der Waals surface area contributed by atoms with E-state index in [0.29, 0.717) is 28.4 Å². The van der Waals surface area contributed by atoms with Crippen molar-refractivity contribution in [3.8, 4) is 0 Å². The first-order chi connectivity index (χ1) is 9.99. The molecule has 6 N–H and O–H groups in total. The molecule has 1 heterocycles. The van der Waals surface area contributed by atoms with Crippen molar-refractivity contribution in [1.82, 2.24) is 5.32 Å². The third kappa shape index (κ3) is 3.29. The van der Waals surface area contributed by atoms with Crippen molar-refractivity contribution in [3.05, 3.63) is 10.4 Å². The SMILES string of the molecule is CCCNC(=O)c1sc(NC2CC2CC)c(C(N)=O)c1N. The van der Waals surface area contributed by atoms with Crippen molar-refractivity contribution in [3.63, 3.8) is 0 Å². The van der Waals surface area contributed by atoms with Gasteiger partial charge in [-0.1, -0.05) is 20.3 Å². The number of thiophene rings is 1. The number of amides is 2. The van der Waals surface area contributed by atoms with E-state index < -0.39 is 5.91 Å². The number of nitrogen functional groups attached to an aromatic ring is 1. The maximum atomic E-state index is 12.1. The highest BCUT2D eigenvalue weighted by atomic mass is 32.1. The molecule has 0 bridgehead atoms. The molecule has 0 radical (unpaired) electrons. The number of primary amides is 1. The number of anilines is 2. The van der Waals surface area contributed by atoms with E-state index in [4.69, 9.17) is 11.5 Å². The van der Waals surface area contributed by atoms with Crippen LogP contribution in [0.2, 0.25) is 0 Å². The summed E-state index contributed by atoms with van der Waals surface area (Å²) in [5.41, 5.74) is 11.8. The summed E-state index contributed by atoms with van der Waals surface area (Å²) in [5.74, 6) is -0.237. The molecule has 1 saturated carbocycles. The Morgan fingerprint density at radius 1 is 1.38 bits per heavy atom. The summed E-state index contributed by atoms with van der Waals surface area (Å²) in [6, 6.07) is 0.345. The molecule has 2 rings (SSSR count). The lowest BCUT2D eigenvalue weighted by Crippen LogP contribution is -2.24. The highest BCUT2D eigenvalue weighted by Crippen LogP contribution is 2.41. The van der Waals surface area contributed by atoms with Gasteiger partial charge in [-0.15, -0.1) is 11.3 Å². The van der Waals surface area contributed by atoms with Crippen molar-refractivity contribution < 1.29 is 9.59 Å². The Balaban J connectivity index is 2.23. The number of carbonyl (C=O) groups is 2. The molecule has 0 aliphatic heterocycles. The molecule has 2 amide bonds. The van der Waals surface area contributed by atoms with Crippen LogP contribution in [0, 0.1) is 5.92 Å². The second kappa shape index (κ2) is 6.34. The van der Waals surface area contributed by atoms with Gasteiger partial charge in [-0.2, -0.15) is 0 Å². The Morgan fingerprint density at radius 3 is 2.62 bits per heavy atom. The van der Waals surface area contributed by atoms with E-state index in [1.807, 2.05) is 6.92 Å². The molecule has 0 spiro atoms. The lowest BCUT2D eigenvalue weighted by atomic mass is 10.2. The maximum absolute atomic E-state index is 12.1. The fourth-order valence-electron chi connectivity index (χ4n) is 2.32. The monoisotopic (exact) mass is 310 g/mol. The van der Waals surface area contributed by atoms with Gasteiger partial charge in [0.15, 0.2) is 0 Å². The first-order valence-corrected chi connectivity index (χ1v) is 8.07. The smallest absolute Gasteiger partial charge is 0.263 e. The van der Waals surface area contributed by atoms with Gasteiger partial charge in [0.05, 0.1) is 11.3 Å². The van der Waals surface area contributed by atoms with Crippen molar-refractivity contribution in [2.45, 2.75) is 39.2 Å². The predicted molar refractivity (Wildman–Crippen MR) is 85.7 cm³/mol. The molecule has 6 nitrogen and oxygen atoms in total. The van der Waals surface area contributed by atoms with Crippen LogP contribution in [-0.4, -0.2) is 24.4 Å². The minimum atomic E-state index is -0.602. The molecule has 2 atom stereocenters. The molecule has 2 unspecified atom stereocenters. The first-order valence-electron chi connectivity index (χ1n) is 7.26. The van der Waals surface area contributed by atoms with Crippen LogP contribution < -0.4 is 22.1 Å². The fourth-order valence-corrected chi connectivity index (χ4v) is 3.43. The van der Waals surface area contributed by atoms with Crippen LogP contribution in [0.3, 0.4) is 0 Å². The van der Waals surface area contributed by atoms with Gasteiger partial charge < -0.3 is 22.1 Å².